The Balaban J connectivity index is 1.67. The van der Waals surface area contributed by atoms with E-state index in [2.05, 4.69) is 9.97 Å². The molecule has 0 spiro atoms. The molecule has 10 heteroatoms. The molecule has 0 unspecified atom stereocenters. The number of halogens is 6. The van der Waals surface area contributed by atoms with Gasteiger partial charge in [-0.1, -0.05) is 40.9 Å². The lowest BCUT2D eigenvalue weighted by molar-refractivity contribution is -0.144. The first-order chi connectivity index (χ1) is 13.6. The van der Waals surface area contributed by atoms with Crippen molar-refractivity contribution >= 4 is 46.4 Å². The summed E-state index contributed by atoms with van der Waals surface area (Å²) in [6.45, 7) is 0.435. The molecule has 1 fully saturated rings. The molecule has 3 rings (SSSR count). The molecule has 2 heterocycles. The number of aryl methyl sites for hydroxylation is 1. The van der Waals surface area contributed by atoms with Crippen molar-refractivity contribution < 1.29 is 18.0 Å². The zero-order valence-electron chi connectivity index (χ0n) is 15.1. The van der Waals surface area contributed by atoms with Crippen LogP contribution in [0.4, 0.5) is 19.0 Å². The smallest absolute Gasteiger partial charge is 0.346 e. The third-order valence-corrected chi connectivity index (χ3v) is 5.52. The molecule has 1 aromatic heterocycles. The number of ketones is 1. The maximum absolute atomic E-state index is 13.0. The highest BCUT2D eigenvalue weighted by Gasteiger charge is 2.37. The Morgan fingerprint density at radius 3 is 2.62 bits per heavy atom. The zero-order valence-corrected chi connectivity index (χ0v) is 17.4. The summed E-state index contributed by atoms with van der Waals surface area (Å²) in [5.74, 6) is -1.33. The Bertz CT molecular complexity index is 908. The third kappa shape index (κ3) is 5.53. The number of rotatable bonds is 6. The first-order valence-electron chi connectivity index (χ1n) is 9.00. The van der Waals surface area contributed by atoms with Crippen LogP contribution in [-0.2, 0) is 17.4 Å². The monoisotopic (exact) mass is 465 g/mol. The molecule has 1 aromatic carbocycles. The SMILES string of the molecule is O=C(CCCc1ccc(Cl)cc1Cl)[C@@H]1CCCN1c1cc(Cl)nc(C(F)(F)F)n1. The van der Waals surface area contributed by atoms with Crippen LogP contribution in [0, 0.1) is 0 Å². The number of hydrogen-bond donors (Lipinski definition) is 0. The lowest BCUT2D eigenvalue weighted by Crippen LogP contribution is -2.37. The van der Waals surface area contributed by atoms with Crippen molar-refractivity contribution in [3.8, 4) is 0 Å². The number of alkyl halides is 3. The molecule has 0 N–H and O–H groups in total. The highest BCUT2D eigenvalue weighted by Crippen LogP contribution is 2.32. The van der Waals surface area contributed by atoms with E-state index in [-0.39, 0.29) is 23.2 Å². The molecule has 29 heavy (non-hydrogen) atoms. The highest BCUT2D eigenvalue weighted by molar-refractivity contribution is 6.35. The number of benzene rings is 1. The van der Waals surface area contributed by atoms with E-state index < -0.39 is 18.0 Å². The van der Waals surface area contributed by atoms with Crippen molar-refractivity contribution in [2.24, 2.45) is 0 Å². The summed E-state index contributed by atoms with van der Waals surface area (Å²) in [6.07, 6.45) is -2.01. The van der Waals surface area contributed by atoms with Gasteiger partial charge >= 0.3 is 6.18 Å². The second kappa shape index (κ2) is 9.06. The van der Waals surface area contributed by atoms with Gasteiger partial charge in [0.2, 0.25) is 5.82 Å². The fourth-order valence-corrected chi connectivity index (χ4v) is 4.08. The Labute approximate surface area is 181 Å². The third-order valence-electron chi connectivity index (χ3n) is 4.74. The van der Waals surface area contributed by atoms with Crippen LogP contribution >= 0.6 is 34.8 Å². The molecule has 4 nitrogen and oxygen atoms in total. The first kappa shape index (κ1) is 22.1. The van der Waals surface area contributed by atoms with Gasteiger partial charge in [0.15, 0.2) is 5.78 Å². The lowest BCUT2D eigenvalue weighted by atomic mass is 10.0. The van der Waals surface area contributed by atoms with Gasteiger partial charge in [-0.05, 0) is 43.4 Å². The Morgan fingerprint density at radius 2 is 1.93 bits per heavy atom. The fourth-order valence-electron chi connectivity index (χ4n) is 3.40. The molecule has 1 aliphatic rings. The van der Waals surface area contributed by atoms with Gasteiger partial charge in [-0.15, -0.1) is 0 Å². The molecule has 1 aliphatic heterocycles. The number of hydrogen-bond acceptors (Lipinski definition) is 4. The first-order valence-corrected chi connectivity index (χ1v) is 10.1. The van der Waals surface area contributed by atoms with Crippen LogP contribution in [0.15, 0.2) is 24.3 Å². The Morgan fingerprint density at radius 1 is 1.17 bits per heavy atom. The second-order valence-electron chi connectivity index (χ2n) is 6.78. The van der Waals surface area contributed by atoms with Crippen LogP contribution in [0.2, 0.25) is 15.2 Å². The minimum atomic E-state index is -4.71. The molecule has 0 saturated carbocycles. The van der Waals surface area contributed by atoms with Gasteiger partial charge < -0.3 is 4.90 Å². The predicted octanol–water partition coefficient (Wildman–Crippen LogP) is 6.02. The van der Waals surface area contributed by atoms with E-state index in [1.165, 1.54) is 6.07 Å². The van der Waals surface area contributed by atoms with Crippen molar-refractivity contribution in [3.63, 3.8) is 0 Å². The Kier molecular flexibility index (Phi) is 6.91. The van der Waals surface area contributed by atoms with E-state index in [1.807, 2.05) is 6.07 Å². The van der Waals surface area contributed by atoms with Crippen LogP contribution in [0.1, 0.15) is 37.1 Å². The van der Waals surface area contributed by atoms with Crippen LogP contribution in [0.5, 0.6) is 0 Å². The summed E-state index contributed by atoms with van der Waals surface area (Å²) < 4.78 is 39.0. The largest absolute Gasteiger partial charge is 0.451 e. The van der Waals surface area contributed by atoms with Gasteiger partial charge in [0, 0.05) is 29.1 Å². The number of carbonyl (C=O) groups is 1. The fraction of sp³-hybridized carbons (Fsp3) is 0.421. The lowest BCUT2D eigenvalue weighted by Gasteiger charge is -2.25. The maximum atomic E-state index is 13.0. The van der Waals surface area contributed by atoms with Gasteiger partial charge in [-0.2, -0.15) is 13.2 Å². The van der Waals surface area contributed by atoms with Gasteiger partial charge in [-0.25, -0.2) is 9.97 Å². The van der Waals surface area contributed by atoms with Gasteiger partial charge in [0.1, 0.15) is 11.0 Å². The summed E-state index contributed by atoms with van der Waals surface area (Å²) in [4.78, 5) is 21.1. The molecule has 1 saturated heterocycles. The van der Waals surface area contributed by atoms with Crippen molar-refractivity contribution in [1.82, 2.24) is 9.97 Å². The van der Waals surface area contributed by atoms with Crippen molar-refractivity contribution in [3.05, 3.63) is 50.9 Å². The van der Waals surface area contributed by atoms with Crippen LogP contribution in [-0.4, -0.2) is 28.3 Å². The number of nitrogens with zero attached hydrogens (tertiary/aromatic N) is 3. The number of Topliss-reactive ketones (excluding diaryl/α,β-unsaturated/α-hetero) is 1. The summed E-state index contributed by atoms with van der Waals surface area (Å²) in [5, 5.41) is 0.777. The van der Waals surface area contributed by atoms with Crippen LogP contribution in [0.25, 0.3) is 0 Å². The zero-order chi connectivity index (χ0) is 21.2. The second-order valence-corrected chi connectivity index (χ2v) is 8.01. The van der Waals surface area contributed by atoms with E-state index in [1.54, 1.807) is 17.0 Å². The molecule has 0 radical (unpaired) electrons. The minimum Gasteiger partial charge on any atom is -0.346 e. The summed E-state index contributed by atoms with van der Waals surface area (Å²) in [6, 6.07) is 5.94. The van der Waals surface area contributed by atoms with Crippen molar-refractivity contribution in [1.29, 1.82) is 0 Å². The van der Waals surface area contributed by atoms with Gasteiger partial charge in [0.25, 0.3) is 0 Å². The maximum Gasteiger partial charge on any atom is 0.451 e. The quantitative estimate of drug-likeness (QED) is 0.489. The molecular formula is C19H17Cl3F3N3O. The summed E-state index contributed by atoms with van der Waals surface area (Å²) in [7, 11) is 0. The number of anilines is 1. The molecule has 0 amide bonds. The molecule has 0 bridgehead atoms. The predicted molar refractivity (Wildman–Crippen MR) is 107 cm³/mol. The molecular weight excluding hydrogens is 450 g/mol. The molecule has 0 aliphatic carbocycles. The average molecular weight is 467 g/mol. The molecule has 2 aromatic rings. The van der Waals surface area contributed by atoms with E-state index in [4.69, 9.17) is 34.8 Å². The average Bonchev–Trinajstić information content (AvgIpc) is 3.12. The van der Waals surface area contributed by atoms with Crippen LogP contribution in [0.3, 0.4) is 0 Å². The molecule has 156 valence electrons. The minimum absolute atomic E-state index is 0.0221. The summed E-state index contributed by atoms with van der Waals surface area (Å²) >= 11 is 17.8. The summed E-state index contributed by atoms with van der Waals surface area (Å²) in [5.41, 5.74) is 0.893. The number of carbonyl (C=O) groups excluding carboxylic acids is 1. The van der Waals surface area contributed by atoms with Gasteiger partial charge in [0.05, 0.1) is 6.04 Å². The van der Waals surface area contributed by atoms with Gasteiger partial charge in [-0.3, -0.25) is 4.79 Å². The standard InChI is InChI=1S/C19H17Cl3F3N3O/c20-12-7-6-11(13(21)9-12)3-1-5-15(29)14-4-2-8-28(14)17-10-16(22)26-18(27-17)19(23,24)25/h6-7,9-10,14H,1-5,8H2/t14-/m0/s1. The van der Waals surface area contributed by atoms with Crippen LogP contribution < -0.4 is 4.90 Å². The van der Waals surface area contributed by atoms with E-state index in [9.17, 15) is 18.0 Å². The van der Waals surface area contributed by atoms with E-state index >= 15 is 0 Å². The van der Waals surface area contributed by atoms with E-state index in [0.29, 0.717) is 42.3 Å². The highest BCUT2D eigenvalue weighted by atomic mass is 35.5. The van der Waals surface area contributed by atoms with Crippen molar-refractivity contribution in [2.75, 3.05) is 11.4 Å². The van der Waals surface area contributed by atoms with E-state index in [0.717, 1.165) is 5.56 Å². The number of aromatic nitrogens is 2. The normalized spacial score (nSPS) is 17.0. The Hall–Kier alpha value is -1.57. The molecule has 1 atom stereocenters. The van der Waals surface area contributed by atoms with Crippen molar-refractivity contribution in [2.45, 2.75) is 44.3 Å². The topological polar surface area (TPSA) is 46.1 Å².